The number of benzene rings is 2. The van der Waals surface area contributed by atoms with Crippen LogP contribution in [0.5, 0.6) is 5.75 Å². The number of carboxylic acid groups (broad SMARTS) is 1. The highest BCUT2D eigenvalue weighted by Crippen LogP contribution is 2.22. The number of ether oxygens (including phenoxy) is 1. The lowest BCUT2D eigenvalue weighted by molar-refractivity contribution is 0.111. The van der Waals surface area contributed by atoms with E-state index in [1.54, 1.807) is 0 Å². The molecule has 6 nitrogen and oxygen atoms in total. The van der Waals surface area contributed by atoms with Crippen molar-refractivity contribution in [2.24, 2.45) is 11.1 Å². The Balaban J connectivity index is 1.67. The van der Waals surface area contributed by atoms with Crippen LogP contribution in [0.25, 0.3) is 0 Å². The molecule has 0 unspecified atom stereocenters. The molecule has 2 aromatic rings. The van der Waals surface area contributed by atoms with Crippen LogP contribution in [-0.2, 0) is 4.84 Å². The molecule has 1 aliphatic heterocycles. The molecule has 7 heteroatoms. The summed E-state index contributed by atoms with van der Waals surface area (Å²) >= 11 is 5.98. The maximum atomic E-state index is 11.0. The standard InChI is InChI=1S/C21H23ClN2O4/c1-27-23-20(16-5-7-18(22)8-6-16)17-3-2-4-19(13-17)28-14-15-9-11-24(12-10-15)21(25)26/h2-8,13,15H,9-12,14H2,1H3,(H,25,26)/b23-20-. The Morgan fingerprint density at radius 3 is 2.54 bits per heavy atom. The van der Waals surface area contributed by atoms with E-state index in [2.05, 4.69) is 5.16 Å². The van der Waals surface area contributed by atoms with Gasteiger partial charge < -0.3 is 19.6 Å². The second kappa shape index (κ2) is 9.46. The third-order valence-electron chi connectivity index (χ3n) is 4.78. The minimum atomic E-state index is -0.848. The highest BCUT2D eigenvalue weighted by Gasteiger charge is 2.22. The lowest BCUT2D eigenvalue weighted by Crippen LogP contribution is -2.38. The highest BCUT2D eigenvalue weighted by atomic mass is 35.5. The van der Waals surface area contributed by atoms with Crippen LogP contribution in [-0.4, -0.2) is 48.6 Å². The van der Waals surface area contributed by atoms with Gasteiger partial charge in [0.15, 0.2) is 0 Å². The Bertz CT molecular complexity index is 831. The van der Waals surface area contributed by atoms with Gasteiger partial charge in [0.2, 0.25) is 0 Å². The molecule has 0 spiro atoms. The number of nitrogens with zero attached hydrogens (tertiary/aromatic N) is 2. The van der Waals surface area contributed by atoms with Gasteiger partial charge in [-0.05, 0) is 43.0 Å². The fourth-order valence-electron chi connectivity index (χ4n) is 3.21. The Morgan fingerprint density at radius 1 is 1.18 bits per heavy atom. The summed E-state index contributed by atoms with van der Waals surface area (Å²) in [6.45, 7) is 1.68. The van der Waals surface area contributed by atoms with Crippen molar-refractivity contribution in [3.63, 3.8) is 0 Å². The minimum absolute atomic E-state index is 0.350. The average molecular weight is 403 g/mol. The van der Waals surface area contributed by atoms with Crippen molar-refractivity contribution in [2.75, 3.05) is 26.8 Å². The van der Waals surface area contributed by atoms with E-state index < -0.39 is 6.09 Å². The van der Waals surface area contributed by atoms with Crippen LogP contribution in [0.3, 0.4) is 0 Å². The van der Waals surface area contributed by atoms with Crippen molar-refractivity contribution < 1.29 is 19.5 Å². The predicted octanol–water partition coefficient (Wildman–Crippen LogP) is 4.51. The van der Waals surface area contributed by atoms with E-state index >= 15 is 0 Å². The second-order valence-electron chi connectivity index (χ2n) is 6.68. The van der Waals surface area contributed by atoms with Gasteiger partial charge >= 0.3 is 6.09 Å². The summed E-state index contributed by atoms with van der Waals surface area (Å²) < 4.78 is 5.98. The molecule has 1 N–H and O–H groups in total. The number of halogens is 1. The molecule has 1 heterocycles. The highest BCUT2D eigenvalue weighted by molar-refractivity contribution is 6.30. The molecule has 0 saturated carbocycles. The van der Waals surface area contributed by atoms with Gasteiger partial charge in [-0.3, -0.25) is 0 Å². The zero-order valence-corrected chi connectivity index (χ0v) is 16.4. The topological polar surface area (TPSA) is 71.4 Å². The molecular formula is C21H23ClN2O4. The number of piperidine rings is 1. The first kappa shape index (κ1) is 20.0. The molecule has 1 amide bonds. The molecule has 0 bridgehead atoms. The maximum absolute atomic E-state index is 11.0. The van der Waals surface area contributed by atoms with Gasteiger partial charge in [-0.25, -0.2) is 4.79 Å². The van der Waals surface area contributed by atoms with Gasteiger partial charge in [-0.1, -0.05) is 41.0 Å². The fourth-order valence-corrected chi connectivity index (χ4v) is 3.34. The number of carbonyl (C=O) groups is 1. The van der Waals surface area contributed by atoms with Gasteiger partial charge in [0.1, 0.15) is 18.6 Å². The van der Waals surface area contributed by atoms with E-state index in [4.69, 9.17) is 26.3 Å². The quantitative estimate of drug-likeness (QED) is 0.570. The summed E-state index contributed by atoms with van der Waals surface area (Å²) in [5.41, 5.74) is 2.46. The molecule has 0 atom stereocenters. The van der Waals surface area contributed by atoms with Crippen molar-refractivity contribution in [1.82, 2.24) is 4.90 Å². The first-order valence-corrected chi connectivity index (χ1v) is 9.53. The van der Waals surface area contributed by atoms with E-state index in [1.807, 2.05) is 48.5 Å². The number of amides is 1. The third-order valence-corrected chi connectivity index (χ3v) is 5.03. The van der Waals surface area contributed by atoms with Crippen LogP contribution in [0.15, 0.2) is 53.7 Å². The smallest absolute Gasteiger partial charge is 0.407 e. The van der Waals surface area contributed by atoms with Crippen molar-refractivity contribution in [1.29, 1.82) is 0 Å². The lowest BCUT2D eigenvalue weighted by atomic mass is 9.98. The number of hydrogen-bond acceptors (Lipinski definition) is 4. The zero-order valence-electron chi connectivity index (χ0n) is 15.7. The molecule has 0 radical (unpaired) electrons. The molecule has 1 fully saturated rings. The van der Waals surface area contributed by atoms with Crippen LogP contribution in [0.2, 0.25) is 5.02 Å². The van der Waals surface area contributed by atoms with Gasteiger partial charge in [0, 0.05) is 29.2 Å². The largest absolute Gasteiger partial charge is 0.493 e. The molecule has 0 aliphatic carbocycles. The summed E-state index contributed by atoms with van der Waals surface area (Å²) in [6, 6.07) is 15.1. The number of likely N-dealkylation sites (tertiary alicyclic amines) is 1. The first-order chi connectivity index (χ1) is 13.6. The van der Waals surface area contributed by atoms with Crippen molar-refractivity contribution >= 4 is 23.4 Å². The van der Waals surface area contributed by atoms with E-state index in [9.17, 15) is 4.79 Å². The summed E-state index contributed by atoms with van der Waals surface area (Å²) in [7, 11) is 1.51. The van der Waals surface area contributed by atoms with Crippen molar-refractivity contribution in [3.8, 4) is 5.75 Å². The summed E-state index contributed by atoms with van der Waals surface area (Å²) in [5, 5.41) is 13.9. The lowest BCUT2D eigenvalue weighted by Gasteiger charge is -2.29. The van der Waals surface area contributed by atoms with E-state index in [1.165, 1.54) is 12.0 Å². The van der Waals surface area contributed by atoms with E-state index in [0.717, 1.165) is 29.7 Å². The average Bonchev–Trinajstić information content (AvgIpc) is 2.72. The van der Waals surface area contributed by atoms with E-state index in [0.29, 0.717) is 36.3 Å². The Kier molecular flexibility index (Phi) is 6.76. The summed E-state index contributed by atoms with van der Waals surface area (Å²) in [6.07, 6.45) is 0.777. The molecule has 1 aliphatic rings. The number of oxime groups is 1. The second-order valence-corrected chi connectivity index (χ2v) is 7.12. The van der Waals surface area contributed by atoms with Crippen molar-refractivity contribution in [3.05, 3.63) is 64.7 Å². The van der Waals surface area contributed by atoms with Crippen LogP contribution >= 0.6 is 11.6 Å². The summed E-state index contributed by atoms with van der Waals surface area (Å²) in [4.78, 5) is 17.5. The van der Waals surface area contributed by atoms with Crippen LogP contribution in [0.1, 0.15) is 24.0 Å². The molecule has 2 aromatic carbocycles. The molecular weight excluding hydrogens is 380 g/mol. The van der Waals surface area contributed by atoms with Gasteiger partial charge in [0.05, 0.1) is 6.61 Å². The first-order valence-electron chi connectivity index (χ1n) is 9.15. The van der Waals surface area contributed by atoms with Crippen LogP contribution in [0, 0.1) is 5.92 Å². The molecule has 28 heavy (non-hydrogen) atoms. The Labute approximate surface area is 169 Å². The zero-order chi connectivity index (χ0) is 19.9. The van der Waals surface area contributed by atoms with Crippen LogP contribution in [0.4, 0.5) is 4.79 Å². The molecule has 0 aromatic heterocycles. The Morgan fingerprint density at radius 2 is 1.89 bits per heavy atom. The van der Waals surface area contributed by atoms with Crippen LogP contribution < -0.4 is 4.74 Å². The predicted molar refractivity (Wildman–Crippen MR) is 108 cm³/mol. The molecule has 1 saturated heterocycles. The molecule has 148 valence electrons. The van der Waals surface area contributed by atoms with Gasteiger partial charge in [0.25, 0.3) is 0 Å². The number of rotatable bonds is 6. The normalized spacial score (nSPS) is 15.4. The van der Waals surface area contributed by atoms with Crippen molar-refractivity contribution in [2.45, 2.75) is 12.8 Å². The molecule has 3 rings (SSSR count). The monoisotopic (exact) mass is 402 g/mol. The maximum Gasteiger partial charge on any atom is 0.407 e. The third kappa shape index (κ3) is 5.16. The van der Waals surface area contributed by atoms with E-state index in [-0.39, 0.29) is 0 Å². The number of hydrogen-bond donors (Lipinski definition) is 1. The Hall–Kier alpha value is -2.73. The fraction of sp³-hybridized carbons (Fsp3) is 0.333. The van der Waals surface area contributed by atoms with Gasteiger partial charge in [-0.15, -0.1) is 0 Å². The van der Waals surface area contributed by atoms with Gasteiger partial charge in [-0.2, -0.15) is 0 Å². The SMILES string of the molecule is CO/N=C(/c1ccc(Cl)cc1)c1cccc(OCC2CCN(C(=O)O)CC2)c1. The minimum Gasteiger partial charge on any atom is -0.493 e. The summed E-state index contributed by atoms with van der Waals surface area (Å²) in [5.74, 6) is 1.10.